The highest BCUT2D eigenvalue weighted by Crippen LogP contribution is 2.18. The SMILES string of the molecule is CCCCC(CCC)Nc1ncc(N)cc1C#N. The molecule has 1 heterocycles. The predicted molar refractivity (Wildman–Crippen MR) is 75.2 cm³/mol. The fourth-order valence-electron chi connectivity index (χ4n) is 1.96. The van der Waals surface area contributed by atoms with Gasteiger partial charge in [-0.05, 0) is 18.9 Å². The van der Waals surface area contributed by atoms with Crippen LogP contribution in [0.5, 0.6) is 0 Å². The molecule has 0 spiro atoms. The number of anilines is 2. The molecule has 3 N–H and O–H groups in total. The van der Waals surface area contributed by atoms with Crippen LogP contribution in [-0.2, 0) is 0 Å². The van der Waals surface area contributed by atoms with Crippen molar-refractivity contribution in [2.75, 3.05) is 11.1 Å². The third-order valence-electron chi connectivity index (χ3n) is 2.91. The minimum Gasteiger partial charge on any atom is -0.397 e. The summed E-state index contributed by atoms with van der Waals surface area (Å²) in [6.45, 7) is 4.35. The lowest BCUT2D eigenvalue weighted by molar-refractivity contribution is 0.563. The van der Waals surface area contributed by atoms with Gasteiger partial charge in [0.25, 0.3) is 0 Å². The van der Waals surface area contributed by atoms with Crippen LogP contribution < -0.4 is 11.1 Å². The van der Waals surface area contributed by atoms with E-state index in [1.165, 1.54) is 12.8 Å². The monoisotopic (exact) mass is 246 g/mol. The lowest BCUT2D eigenvalue weighted by Crippen LogP contribution is -2.20. The van der Waals surface area contributed by atoms with E-state index in [1.807, 2.05) is 0 Å². The van der Waals surface area contributed by atoms with Gasteiger partial charge in [-0.1, -0.05) is 33.1 Å². The van der Waals surface area contributed by atoms with E-state index in [0.717, 1.165) is 19.3 Å². The molecule has 1 aromatic rings. The molecule has 1 unspecified atom stereocenters. The van der Waals surface area contributed by atoms with Crippen molar-refractivity contribution < 1.29 is 0 Å². The Bertz CT molecular complexity index is 409. The van der Waals surface area contributed by atoms with Crippen molar-refractivity contribution in [3.05, 3.63) is 17.8 Å². The van der Waals surface area contributed by atoms with Gasteiger partial charge in [0.2, 0.25) is 0 Å². The number of unbranched alkanes of at least 4 members (excludes halogenated alkanes) is 1. The Morgan fingerprint density at radius 1 is 1.39 bits per heavy atom. The van der Waals surface area contributed by atoms with E-state index in [-0.39, 0.29) is 0 Å². The lowest BCUT2D eigenvalue weighted by Gasteiger charge is -2.19. The van der Waals surface area contributed by atoms with E-state index >= 15 is 0 Å². The van der Waals surface area contributed by atoms with E-state index in [9.17, 15) is 0 Å². The Labute approximate surface area is 109 Å². The molecule has 18 heavy (non-hydrogen) atoms. The number of hydrogen-bond donors (Lipinski definition) is 2. The van der Waals surface area contributed by atoms with Gasteiger partial charge in [0.05, 0.1) is 17.4 Å². The molecule has 0 amide bonds. The molecule has 0 aliphatic rings. The summed E-state index contributed by atoms with van der Waals surface area (Å²) >= 11 is 0. The predicted octanol–water partition coefficient (Wildman–Crippen LogP) is 3.31. The van der Waals surface area contributed by atoms with Crippen LogP contribution in [0.2, 0.25) is 0 Å². The van der Waals surface area contributed by atoms with Gasteiger partial charge in [-0.15, -0.1) is 0 Å². The third-order valence-corrected chi connectivity index (χ3v) is 2.91. The second kappa shape index (κ2) is 7.54. The fraction of sp³-hybridized carbons (Fsp3) is 0.571. The number of nitriles is 1. The fourth-order valence-corrected chi connectivity index (χ4v) is 1.96. The maximum atomic E-state index is 9.08. The molecule has 0 bridgehead atoms. The number of nitrogens with two attached hydrogens (primary N) is 1. The molecular weight excluding hydrogens is 224 g/mol. The van der Waals surface area contributed by atoms with Crippen LogP contribution in [-0.4, -0.2) is 11.0 Å². The van der Waals surface area contributed by atoms with Crippen LogP contribution in [0, 0.1) is 11.3 Å². The molecule has 1 aromatic heterocycles. The number of rotatable bonds is 7. The van der Waals surface area contributed by atoms with Crippen LogP contribution in [0.4, 0.5) is 11.5 Å². The summed E-state index contributed by atoms with van der Waals surface area (Å²) in [4.78, 5) is 4.22. The minimum absolute atomic E-state index is 0.387. The summed E-state index contributed by atoms with van der Waals surface area (Å²) < 4.78 is 0. The summed E-state index contributed by atoms with van der Waals surface area (Å²) in [5, 5.41) is 12.4. The molecule has 0 radical (unpaired) electrons. The first kappa shape index (κ1) is 14.3. The van der Waals surface area contributed by atoms with E-state index < -0.39 is 0 Å². The third kappa shape index (κ3) is 4.25. The van der Waals surface area contributed by atoms with Crippen LogP contribution in [0.15, 0.2) is 12.3 Å². The van der Waals surface area contributed by atoms with Gasteiger partial charge in [-0.25, -0.2) is 4.98 Å². The molecule has 0 aliphatic heterocycles. The van der Waals surface area contributed by atoms with Gasteiger partial charge in [0.15, 0.2) is 0 Å². The summed E-state index contributed by atoms with van der Waals surface area (Å²) in [5.41, 5.74) is 6.68. The van der Waals surface area contributed by atoms with Crippen molar-refractivity contribution in [2.45, 2.75) is 52.0 Å². The quantitative estimate of drug-likeness (QED) is 0.774. The average Bonchev–Trinajstić information content (AvgIpc) is 2.38. The maximum absolute atomic E-state index is 9.08. The van der Waals surface area contributed by atoms with Crippen LogP contribution >= 0.6 is 0 Å². The zero-order chi connectivity index (χ0) is 13.4. The van der Waals surface area contributed by atoms with Crippen molar-refractivity contribution in [3.63, 3.8) is 0 Å². The summed E-state index contributed by atoms with van der Waals surface area (Å²) in [5.74, 6) is 0.654. The summed E-state index contributed by atoms with van der Waals surface area (Å²) in [7, 11) is 0. The van der Waals surface area contributed by atoms with Crippen molar-refractivity contribution in [1.82, 2.24) is 4.98 Å². The number of pyridine rings is 1. The molecule has 0 aromatic carbocycles. The Balaban J connectivity index is 2.76. The first-order chi connectivity index (χ1) is 8.71. The molecule has 4 nitrogen and oxygen atoms in total. The topological polar surface area (TPSA) is 74.7 Å². The molecule has 0 fully saturated rings. The molecule has 0 aliphatic carbocycles. The number of nitrogens with zero attached hydrogens (tertiary/aromatic N) is 2. The van der Waals surface area contributed by atoms with Crippen molar-refractivity contribution in [3.8, 4) is 6.07 Å². The molecule has 1 atom stereocenters. The minimum atomic E-state index is 0.387. The van der Waals surface area contributed by atoms with Gasteiger partial charge in [0.1, 0.15) is 11.9 Å². The van der Waals surface area contributed by atoms with E-state index in [0.29, 0.717) is 23.1 Å². The highest BCUT2D eigenvalue weighted by Gasteiger charge is 2.11. The van der Waals surface area contributed by atoms with E-state index in [1.54, 1.807) is 12.3 Å². The average molecular weight is 246 g/mol. The van der Waals surface area contributed by atoms with Crippen LogP contribution in [0.25, 0.3) is 0 Å². The maximum Gasteiger partial charge on any atom is 0.144 e. The number of nitrogens with one attached hydrogen (secondary N) is 1. The van der Waals surface area contributed by atoms with E-state index in [2.05, 4.69) is 30.2 Å². The first-order valence-electron chi connectivity index (χ1n) is 6.63. The molecule has 4 heteroatoms. The second-order valence-electron chi connectivity index (χ2n) is 4.55. The molecule has 0 saturated carbocycles. The number of hydrogen-bond acceptors (Lipinski definition) is 4. The van der Waals surface area contributed by atoms with Crippen molar-refractivity contribution >= 4 is 11.5 Å². The number of aromatic nitrogens is 1. The summed E-state index contributed by atoms with van der Waals surface area (Å²) in [6, 6.07) is 4.19. The highest BCUT2D eigenvalue weighted by molar-refractivity contribution is 5.57. The Morgan fingerprint density at radius 3 is 2.78 bits per heavy atom. The normalized spacial score (nSPS) is 11.8. The Hall–Kier alpha value is -1.76. The highest BCUT2D eigenvalue weighted by atomic mass is 15.0. The lowest BCUT2D eigenvalue weighted by atomic mass is 10.0. The number of nitrogen functional groups attached to an aromatic ring is 1. The largest absolute Gasteiger partial charge is 0.397 e. The molecule has 1 rings (SSSR count). The Morgan fingerprint density at radius 2 is 2.17 bits per heavy atom. The van der Waals surface area contributed by atoms with E-state index in [4.69, 9.17) is 11.0 Å². The molecule has 0 saturated heterocycles. The van der Waals surface area contributed by atoms with Crippen LogP contribution in [0.1, 0.15) is 51.5 Å². The molecule has 98 valence electrons. The van der Waals surface area contributed by atoms with Crippen molar-refractivity contribution in [2.24, 2.45) is 0 Å². The smallest absolute Gasteiger partial charge is 0.144 e. The zero-order valence-electron chi connectivity index (χ0n) is 11.2. The second-order valence-corrected chi connectivity index (χ2v) is 4.55. The van der Waals surface area contributed by atoms with Gasteiger partial charge in [-0.3, -0.25) is 0 Å². The molecular formula is C14H22N4. The van der Waals surface area contributed by atoms with Crippen molar-refractivity contribution in [1.29, 1.82) is 5.26 Å². The van der Waals surface area contributed by atoms with Gasteiger partial charge in [-0.2, -0.15) is 5.26 Å². The van der Waals surface area contributed by atoms with Crippen LogP contribution in [0.3, 0.4) is 0 Å². The zero-order valence-corrected chi connectivity index (χ0v) is 11.2. The van der Waals surface area contributed by atoms with Gasteiger partial charge < -0.3 is 11.1 Å². The van der Waals surface area contributed by atoms with Gasteiger partial charge in [0, 0.05) is 6.04 Å². The Kier molecular flexibility index (Phi) is 5.99. The summed E-state index contributed by atoms with van der Waals surface area (Å²) in [6.07, 6.45) is 7.29. The first-order valence-corrected chi connectivity index (χ1v) is 6.63. The van der Waals surface area contributed by atoms with Gasteiger partial charge >= 0.3 is 0 Å². The standard InChI is InChI=1S/C14H22N4/c1-3-5-7-13(6-4-2)18-14-11(9-15)8-12(16)10-17-14/h8,10,13H,3-7,16H2,1-2H3,(H,17,18).